The van der Waals surface area contributed by atoms with Gasteiger partial charge in [-0.2, -0.15) is 0 Å². The van der Waals surface area contributed by atoms with Crippen molar-refractivity contribution in [2.45, 2.75) is 26.8 Å². The van der Waals surface area contributed by atoms with Crippen molar-refractivity contribution in [2.75, 3.05) is 19.1 Å². The van der Waals surface area contributed by atoms with Crippen LogP contribution in [0, 0.1) is 31.3 Å². The van der Waals surface area contributed by atoms with Gasteiger partial charge in [0.2, 0.25) is 0 Å². The first-order valence-corrected chi connectivity index (χ1v) is 11.5. The molecule has 1 unspecified atom stereocenters. The summed E-state index contributed by atoms with van der Waals surface area (Å²) in [6.45, 7) is 4.85. The van der Waals surface area contributed by atoms with Gasteiger partial charge >= 0.3 is 6.09 Å². The summed E-state index contributed by atoms with van der Waals surface area (Å²) in [5.41, 5.74) is 1.72. The second-order valence-corrected chi connectivity index (χ2v) is 8.58. The monoisotopic (exact) mass is 526 g/mol. The second-order valence-electron chi connectivity index (χ2n) is 8.58. The van der Waals surface area contributed by atoms with Gasteiger partial charge < -0.3 is 19.3 Å². The molecule has 0 aliphatic rings. The molecule has 1 N–H and O–H groups in total. The topological polar surface area (TPSA) is 81.1 Å². The van der Waals surface area contributed by atoms with Crippen LogP contribution in [-0.4, -0.2) is 30.4 Å². The molecule has 7 nitrogen and oxygen atoms in total. The Hall–Kier alpha value is -4.47. The lowest BCUT2D eigenvalue weighted by Crippen LogP contribution is -2.33. The average Bonchev–Trinajstić information content (AvgIpc) is 2.89. The molecule has 0 aliphatic heterocycles. The number of pyridine rings is 1. The van der Waals surface area contributed by atoms with E-state index in [4.69, 9.17) is 14.2 Å². The molecule has 0 fully saturated rings. The number of hydrogen-bond acceptors (Lipinski definition) is 5. The van der Waals surface area contributed by atoms with E-state index < -0.39 is 29.6 Å². The largest absolute Gasteiger partial charge is 0.493 e. The standard InChI is InChI=1S/C28H25F3N2O5/c1-14-15(2)24(38-25-8-9-32-22-13-27(37-5)26(36-4)11-18(22)25)7-6-23(14)33(28(34)35)16(3)17-10-20(30)21(31)12-19(17)29/h6-13,16H,1-5H3,(H,34,35). The molecule has 4 aromatic rings. The first kappa shape index (κ1) is 26.6. The number of benzene rings is 3. The highest BCUT2D eigenvalue weighted by Gasteiger charge is 2.28. The fraction of sp³-hybridized carbons (Fsp3) is 0.214. The quantitative estimate of drug-likeness (QED) is 0.254. The predicted octanol–water partition coefficient (Wildman–Crippen LogP) is 7.32. The molecule has 0 aliphatic carbocycles. The third-order valence-electron chi connectivity index (χ3n) is 6.48. The summed E-state index contributed by atoms with van der Waals surface area (Å²) >= 11 is 0. The molecule has 0 spiro atoms. The summed E-state index contributed by atoms with van der Waals surface area (Å²) in [5, 5.41) is 10.6. The summed E-state index contributed by atoms with van der Waals surface area (Å²) in [6.07, 6.45) is 0.198. The first-order chi connectivity index (χ1) is 18.1. The lowest BCUT2D eigenvalue weighted by molar-refractivity contribution is 0.199. The van der Waals surface area contributed by atoms with E-state index in [1.807, 2.05) is 0 Å². The number of aromatic nitrogens is 1. The molecule has 0 bridgehead atoms. The van der Waals surface area contributed by atoms with Crippen molar-refractivity contribution < 1.29 is 37.3 Å². The Kier molecular flexibility index (Phi) is 7.34. The number of carboxylic acid groups (broad SMARTS) is 1. The number of methoxy groups -OCH3 is 2. The average molecular weight is 527 g/mol. The SMILES string of the molecule is COc1cc2nccc(Oc3ccc(N(C(=O)O)C(C)c4cc(F)c(F)cc4F)c(C)c3C)c2cc1OC. The first-order valence-electron chi connectivity index (χ1n) is 11.5. The Bertz CT molecular complexity index is 1540. The fourth-order valence-electron chi connectivity index (χ4n) is 4.28. The molecular weight excluding hydrogens is 501 g/mol. The van der Waals surface area contributed by atoms with Gasteiger partial charge in [-0.3, -0.25) is 9.88 Å². The number of ether oxygens (including phenoxy) is 3. The minimum atomic E-state index is -1.39. The number of fused-ring (bicyclic) bond motifs is 1. The summed E-state index contributed by atoms with van der Waals surface area (Å²) < 4.78 is 58.7. The Morgan fingerprint density at radius 1 is 0.868 bits per heavy atom. The van der Waals surface area contributed by atoms with Crippen LogP contribution >= 0.6 is 0 Å². The molecular formula is C28H25F3N2O5. The van der Waals surface area contributed by atoms with Crippen LogP contribution < -0.4 is 19.1 Å². The van der Waals surface area contributed by atoms with Gasteiger partial charge in [0, 0.05) is 29.3 Å². The highest BCUT2D eigenvalue weighted by molar-refractivity contribution is 5.90. The van der Waals surface area contributed by atoms with Gasteiger partial charge in [-0.15, -0.1) is 0 Å². The lowest BCUT2D eigenvalue weighted by atomic mass is 10.0. The number of halogens is 3. The van der Waals surface area contributed by atoms with E-state index in [0.29, 0.717) is 57.2 Å². The van der Waals surface area contributed by atoms with E-state index in [0.717, 1.165) is 4.90 Å². The Balaban J connectivity index is 1.74. The van der Waals surface area contributed by atoms with Gasteiger partial charge in [-0.05, 0) is 62.2 Å². The molecule has 198 valence electrons. The van der Waals surface area contributed by atoms with Gasteiger partial charge in [-0.1, -0.05) is 0 Å². The molecule has 0 saturated carbocycles. The maximum absolute atomic E-state index is 14.5. The van der Waals surface area contributed by atoms with Crippen molar-refractivity contribution in [1.82, 2.24) is 4.98 Å². The molecule has 10 heteroatoms. The number of nitrogens with zero attached hydrogens (tertiary/aromatic N) is 2. The van der Waals surface area contributed by atoms with Crippen molar-refractivity contribution in [3.63, 3.8) is 0 Å². The van der Waals surface area contributed by atoms with Crippen LogP contribution in [0.2, 0.25) is 0 Å². The highest BCUT2D eigenvalue weighted by atomic mass is 19.2. The van der Waals surface area contributed by atoms with Crippen molar-refractivity contribution >= 4 is 22.7 Å². The zero-order chi connectivity index (χ0) is 27.7. The number of amides is 1. The van der Waals surface area contributed by atoms with Crippen LogP contribution in [0.25, 0.3) is 10.9 Å². The number of anilines is 1. The summed E-state index contributed by atoms with van der Waals surface area (Å²) in [5.74, 6) is -1.72. The number of rotatable bonds is 7. The molecule has 3 aromatic carbocycles. The van der Waals surface area contributed by atoms with E-state index >= 15 is 0 Å². The lowest BCUT2D eigenvalue weighted by Gasteiger charge is -2.29. The van der Waals surface area contributed by atoms with Gasteiger partial charge in [0.15, 0.2) is 23.1 Å². The van der Waals surface area contributed by atoms with E-state index in [-0.39, 0.29) is 11.3 Å². The van der Waals surface area contributed by atoms with Crippen molar-refractivity contribution in [2.24, 2.45) is 0 Å². The van der Waals surface area contributed by atoms with Crippen LogP contribution in [0.4, 0.5) is 23.7 Å². The zero-order valence-corrected chi connectivity index (χ0v) is 21.3. The van der Waals surface area contributed by atoms with Crippen LogP contribution in [-0.2, 0) is 0 Å². The Morgan fingerprint density at radius 2 is 1.53 bits per heavy atom. The summed E-state index contributed by atoms with van der Waals surface area (Å²) in [6, 6.07) is 8.20. The van der Waals surface area contributed by atoms with E-state index in [9.17, 15) is 23.1 Å². The molecule has 38 heavy (non-hydrogen) atoms. The smallest absolute Gasteiger partial charge is 0.412 e. The molecule has 1 aromatic heterocycles. The van der Waals surface area contributed by atoms with Crippen molar-refractivity contribution in [3.8, 4) is 23.0 Å². The summed E-state index contributed by atoms with van der Waals surface area (Å²) in [7, 11) is 3.05. The normalized spacial score (nSPS) is 11.8. The van der Waals surface area contributed by atoms with Crippen LogP contribution in [0.3, 0.4) is 0 Å². The van der Waals surface area contributed by atoms with Gasteiger partial charge in [0.25, 0.3) is 0 Å². The fourth-order valence-corrected chi connectivity index (χ4v) is 4.28. The van der Waals surface area contributed by atoms with Crippen LogP contribution in [0.1, 0.15) is 29.7 Å². The summed E-state index contributed by atoms with van der Waals surface area (Å²) in [4.78, 5) is 17.5. The van der Waals surface area contributed by atoms with Gasteiger partial charge in [-0.25, -0.2) is 18.0 Å². The van der Waals surface area contributed by atoms with Gasteiger partial charge in [0.1, 0.15) is 17.3 Å². The van der Waals surface area contributed by atoms with E-state index in [2.05, 4.69) is 4.98 Å². The molecule has 0 radical (unpaired) electrons. The third kappa shape index (κ3) is 4.77. The zero-order valence-electron chi connectivity index (χ0n) is 21.3. The maximum Gasteiger partial charge on any atom is 0.412 e. The molecule has 0 saturated heterocycles. The molecule has 1 atom stereocenters. The number of carbonyl (C=O) groups is 1. The molecule has 1 heterocycles. The van der Waals surface area contributed by atoms with E-state index in [1.165, 1.54) is 27.2 Å². The van der Waals surface area contributed by atoms with Gasteiger partial charge in [0.05, 0.1) is 31.5 Å². The number of hydrogen-bond donors (Lipinski definition) is 1. The van der Waals surface area contributed by atoms with Crippen molar-refractivity contribution in [1.29, 1.82) is 0 Å². The minimum Gasteiger partial charge on any atom is -0.493 e. The maximum atomic E-state index is 14.5. The molecule has 4 rings (SSSR count). The van der Waals surface area contributed by atoms with Crippen molar-refractivity contribution in [3.05, 3.63) is 82.8 Å². The van der Waals surface area contributed by atoms with Crippen LogP contribution in [0.5, 0.6) is 23.0 Å². The third-order valence-corrected chi connectivity index (χ3v) is 6.48. The Labute approximate surface area is 217 Å². The van der Waals surface area contributed by atoms with E-state index in [1.54, 1.807) is 44.3 Å². The second kappa shape index (κ2) is 10.5. The highest BCUT2D eigenvalue weighted by Crippen LogP contribution is 2.40. The molecule has 1 amide bonds. The predicted molar refractivity (Wildman–Crippen MR) is 136 cm³/mol. The Morgan fingerprint density at radius 3 is 2.18 bits per heavy atom. The minimum absolute atomic E-state index is 0.241. The van der Waals surface area contributed by atoms with Crippen LogP contribution in [0.15, 0.2) is 48.7 Å².